The summed E-state index contributed by atoms with van der Waals surface area (Å²) >= 11 is 0. The van der Waals surface area contributed by atoms with E-state index in [4.69, 9.17) is 9.47 Å². The topological polar surface area (TPSA) is 85.9 Å². The summed E-state index contributed by atoms with van der Waals surface area (Å²) in [5.74, 6) is -0.354. The van der Waals surface area contributed by atoms with Crippen LogP contribution in [0.15, 0.2) is 24.3 Å². The number of anilines is 2. The van der Waals surface area contributed by atoms with Gasteiger partial charge < -0.3 is 19.5 Å². The Bertz CT molecular complexity index is 534. The molecule has 7 nitrogen and oxygen atoms in total. The molecular formula is C15H20N2O5. The van der Waals surface area contributed by atoms with E-state index in [1.807, 2.05) is 12.1 Å². The molecule has 1 heterocycles. The fourth-order valence-electron chi connectivity index (χ4n) is 2.31. The molecule has 1 fully saturated rings. The third-order valence-corrected chi connectivity index (χ3v) is 3.41. The molecule has 1 aromatic carbocycles. The largest absolute Gasteiger partial charge is 0.467 e. The Morgan fingerprint density at radius 3 is 2.73 bits per heavy atom. The summed E-state index contributed by atoms with van der Waals surface area (Å²) in [7, 11) is 2.66. The minimum absolute atomic E-state index is 0.103. The molecule has 1 aromatic rings. The van der Waals surface area contributed by atoms with Crippen molar-refractivity contribution in [3.05, 3.63) is 24.3 Å². The van der Waals surface area contributed by atoms with E-state index in [-0.39, 0.29) is 12.0 Å². The summed E-state index contributed by atoms with van der Waals surface area (Å²) < 4.78 is 14.7. The third kappa shape index (κ3) is 4.36. The van der Waals surface area contributed by atoms with E-state index in [0.29, 0.717) is 18.7 Å². The molecular weight excluding hydrogens is 288 g/mol. The van der Waals surface area contributed by atoms with Crippen molar-refractivity contribution in [1.82, 2.24) is 0 Å². The minimum atomic E-state index is -0.535. The standard InChI is InChI=1S/C15H20N2O5/c1-20-14(18)13-9-12(6-7-22-13)16-10-4-3-5-11(8-10)17-15(19)21-2/h3-5,8,12-13,16H,6-7,9H2,1-2H3,(H,17,19). The quantitative estimate of drug-likeness (QED) is 0.827. The molecule has 120 valence electrons. The van der Waals surface area contributed by atoms with Crippen LogP contribution in [-0.4, -0.2) is 45.0 Å². The second-order valence-corrected chi connectivity index (χ2v) is 4.95. The SMILES string of the molecule is COC(=O)Nc1cccc(NC2CCOC(C(=O)OC)C2)c1. The van der Waals surface area contributed by atoms with Gasteiger partial charge in [-0.3, -0.25) is 5.32 Å². The molecule has 1 aliphatic rings. The molecule has 2 rings (SSSR count). The average molecular weight is 308 g/mol. The third-order valence-electron chi connectivity index (χ3n) is 3.41. The zero-order valence-electron chi connectivity index (χ0n) is 12.6. The number of esters is 1. The minimum Gasteiger partial charge on any atom is -0.467 e. The lowest BCUT2D eigenvalue weighted by molar-refractivity contribution is -0.157. The van der Waals surface area contributed by atoms with Crippen molar-refractivity contribution in [3.8, 4) is 0 Å². The molecule has 7 heteroatoms. The van der Waals surface area contributed by atoms with Crippen molar-refractivity contribution >= 4 is 23.4 Å². The Hall–Kier alpha value is -2.28. The van der Waals surface area contributed by atoms with Gasteiger partial charge in [-0.15, -0.1) is 0 Å². The smallest absolute Gasteiger partial charge is 0.411 e. The number of amides is 1. The fraction of sp³-hybridized carbons (Fsp3) is 0.467. The number of carbonyl (C=O) groups excluding carboxylic acids is 2. The number of methoxy groups -OCH3 is 2. The van der Waals surface area contributed by atoms with E-state index >= 15 is 0 Å². The number of benzene rings is 1. The molecule has 1 aliphatic heterocycles. The number of hydrogen-bond acceptors (Lipinski definition) is 6. The summed E-state index contributed by atoms with van der Waals surface area (Å²) in [5, 5.41) is 5.95. The normalized spacial score (nSPS) is 20.8. The molecule has 1 amide bonds. The van der Waals surface area contributed by atoms with Gasteiger partial charge in [0.15, 0.2) is 6.10 Å². The summed E-state index contributed by atoms with van der Waals surface area (Å²) in [5.41, 5.74) is 1.48. The molecule has 22 heavy (non-hydrogen) atoms. The molecule has 2 atom stereocenters. The van der Waals surface area contributed by atoms with Crippen molar-refractivity contribution in [2.24, 2.45) is 0 Å². The highest BCUT2D eigenvalue weighted by Crippen LogP contribution is 2.22. The summed E-state index contributed by atoms with van der Waals surface area (Å²) in [6.07, 6.45) is 0.283. The first-order valence-electron chi connectivity index (χ1n) is 7.03. The van der Waals surface area contributed by atoms with Gasteiger partial charge in [-0.2, -0.15) is 0 Å². The van der Waals surface area contributed by atoms with Gasteiger partial charge in [0.25, 0.3) is 0 Å². The second kappa shape index (κ2) is 7.65. The van der Waals surface area contributed by atoms with Crippen LogP contribution in [0, 0.1) is 0 Å². The van der Waals surface area contributed by atoms with Crippen LogP contribution in [0.1, 0.15) is 12.8 Å². The molecule has 0 saturated carbocycles. The summed E-state index contributed by atoms with van der Waals surface area (Å²) in [6.45, 7) is 0.498. The van der Waals surface area contributed by atoms with Crippen LogP contribution in [0.2, 0.25) is 0 Å². The van der Waals surface area contributed by atoms with E-state index in [0.717, 1.165) is 12.1 Å². The first-order valence-corrected chi connectivity index (χ1v) is 7.03. The second-order valence-electron chi connectivity index (χ2n) is 4.95. The highest BCUT2D eigenvalue weighted by molar-refractivity contribution is 5.85. The highest BCUT2D eigenvalue weighted by atomic mass is 16.6. The maximum atomic E-state index is 11.5. The predicted molar refractivity (Wildman–Crippen MR) is 80.9 cm³/mol. The maximum Gasteiger partial charge on any atom is 0.411 e. The summed E-state index contributed by atoms with van der Waals surface area (Å²) in [6, 6.07) is 7.39. The Labute approximate surface area is 128 Å². The number of rotatable bonds is 4. The van der Waals surface area contributed by atoms with Crippen molar-refractivity contribution in [1.29, 1.82) is 0 Å². The van der Waals surface area contributed by atoms with Gasteiger partial charge in [-0.1, -0.05) is 6.07 Å². The van der Waals surface area contributed by atoms with Crippen LogP contribution >= 0.6 is 0 Å². The monoisotopic (exact) mass is 308 g/mol. The highest BCUT2D eigenvalue weighted by Gasteiger charge is 2.28. The van der Waals surface area contributed by atoms with Crippen LogP contribution in [-0.2, 0) is 19.0 Å². The predicted octanol–water partition coefficient (Wildman–Crippen LogP) is 2.00. The lowest BCUT2D eigenvalue weighted by Gasteiger charge is -2.29. The van der Waals surface area contributed by atoms with E-state index in [1.165, 1.54) is 14.2 Å². The lowest BCUT2D eigenvalue weighted by atomic mass is 10.0. The molecule has 0 spiro atoms. The van der Waals surface area contributed by atoms with Crippen molar-refractivity contribution in [2.75, 3.05) is 31.5 Å². The van der Waals surface area contributed by atoms with Gasteiger partial charge in [0.05, 0.1) is 14.2 Å². The molecule has 0 aromatic heterocycles. The van der Waals surface area contributed by atoms with E-state index < -0.39 is 12.2 Å². The van der Waals surface area contributed by atoms with Gasteiger partial charge in [0.1, 0.15) is 0 Å². The Morgan fingerprint density at radius 2 is 2.00 bits per heavy atom. The Balaban J connectivity index is 1.96. The van der Waals surface area contributed by atoms with Gasteiger partial charge >= 0.3 is 12.1 Å². The zero-order chi connectivity index (χ0) is 15.9. The van der Waals surface area contributed by atoms with Crippen LogP contribution in [0.4, 0.5) is 16.2 Å². The molecule has 0 aliphatic carbocycles. The van der Waals surface area contributed by atoms with Crippen LogP contribution in [0.5, 0.6) is 0 Å². The molecule has 0 radical (unpaired) electrons. The Kier molecular flexibility index (Phi) is 5.60. The van der Waals surface area contributed by atoms with Gasteiger partial charge in [0, 0.05) is 30.4 Å². The lowest BCUT2D eigenvalue weighted by Crippen LogP contribution is -2.39. The first kappa shape index (κ1) is 16.1. The van der Waals surface area contributed by atoms with Crippen LogP contribution < -0.4 is 10.6 Å². The van der Waals surface area contributed by atoms with E-state index in [9.17, 15) is 9.59 Å². The summed E-state index contributed by atoms with van der Waals surface area (Å²) in [4.78, 5) is 22.7. The number of ether oxygens (including phenoxy) is 3. The van der Waals surface area contributed by atoms with Gasteiger partial charge in [0.2, 0.25) is 0 Å². The van der Waals surface area contributed by atoms with Gasteiger partial charge in [-0.25, -0.2) is 9.59 Å². The molecule has 2 N–H and O–H groups in total. The van der Waals surface area contributed by atoms with Crippen LogP contribution in [0.3, 0.4) is 0 Å². The van der Waals surface area contributed by atoms with E-state index in [1.54, 1.807) is 12.1 Å². The van der Waals surface area contributed by atoms with Gasteiger partial charge in [-0.05, 0) is 24.6 Å². The van der Waals surface area contributed by atoms with E-state index in [2.05, 4.69) is 15.4 Å². The van der Waals surface area contributed by atoms with Crippen molar-refractivity contribution in [2.45, 2.75) is 25.0 Å². The molecule has 2 unspecified atom stereocenters. The van der Waals surface area contributed by atoms with Crippen molar-refractivity contribution < 1.29 is 23.8 Å². The zero-order valence-corrected chi connectivity index (χ0v) is 12.6. The fourth-order valence-corrected chi connectivity index (χ4v) is 2.31. The number of hydrogen-bond donors (Lipinski definition) is 2. The number of nitrogens with one attached hydrogen (secondary N) is 2. The molecule has 0 bridgehead atoms. The first-order chi connectivity index (χ1) is 10.6. The number of carbonyl (C=O) groups is 2. The van der Waals surface area contributed by atoms with Crippen molar-refractivity contribution in [3.63, 3.8) is 0 Å². The molecule has 1 saturated heterocycles. The maximum absolute atomic E-state index is 11.5. The Morgan fingerprint density at radius 1 is 1.23 bits per heavy atom. The van der Waals surface area contributed by atoms with Crippen LogP contribution in [0.25, 0.3) is 0 Å². The average Bonchev–Trinajstić information content (AvgIpc) is 2.54.